The van der Waals surface area contributed by atoms with Crippen LogP contribution < -0.4 is 5.56 Å². The summed E-state index contributed by atoms with van der Waals surface area (Å²) in [6.07, 6.45) is 2.48. The van der Waals surface area contributed by atoms with Crippen molar-refractivity contribution in [1.29, 1.82) is 0 Å². The van der Waals surface area contributed by atoms with E-state index in [0.717, 1.165) is 35.0 Å². The second-order valence-electron chi connectivity index (χ2n) is 6.87. The Labute approximate surface area is 176 Å². The number of benzene rings is 1. The normalized spacial score (nSPS) is 14.5. The Hall–Kier alpha value is -1.38. The van der Waals surface area contributed by atoms with E-state index in [-0.39, 0.29) is 12.2 Å². The topological polar surface area (TPSA) is 64.3 Å². The highest BCUT2D eigenvalue weighted by Crippen LogP contribution is 2.35. The predicted octanol–water partition coefficient (Wildman–Crippen LogP) is 3.81. The van der Waals surface area contributed by atoms with E-state index in [1.54, 1.807) is 23.0 Å². The standard InChI is InChI=1S/C20H21ClN2O3S2/c1-23-19(25)17-14-6-4-8-16(14)28-18(17)22-20(23)27-11-13(24)10-26-9-12-5-2-3-7-15(12)21/h2-3,5,7,13,24H,4,6,8-11H2,1H3. The van der Waals surface area contributed by atoms with Gasteiger partial charge >= 0.3 is 0 Å². The average molecular weight is 437 g/mol. The molecule has 0 fully saturated rings. The van der Waals surface area contributed by atoms with Crippen molar-refractivity contribution in [3.63, 3.8) is 0 Å². The van der Waals surface area contributed by atoms with Crippen LogP contribution in [0.3, 0.4) is 0 Å². The Morgan fingerprint density at radius 1 is 1.39 bits per heavy atom. The Morgan fingerprint density at radius 3 is 3.04 bits per heavy atom. The van der Waals surface area contributed by atoms with Crippen LogP contribution in [-0.2, 0) is 31.2 Å². The lowest BCUT2D eigenvalue weighted by atomic mass is 10.2. The molecule has 1 N–H and O–H groups in total. The molecule has 1 atom stereocenters. The molecule has 0 bridgehead atoms. The molecule has 0 aliphatic heterocycles. The molecule has 148 valence electrons. The van der Waals surface area contributed by atoms with Gasteiger partial charge in [0.25, 0.3) is 5.56 Å². The summed E-state index contributed by atoms with van der Waals surface area (Å²) in [7, 11) is 1.75. The number of thiophene rings is 1. The molecule has 2 heterocycles. The smallest absolute Gasteiger partial charge is 0.262 e. The van der Waals surface area contributed by atoms with Gasteiger partial charge in [-0.2, -0.15) is 0 Å². The quantitative estimate of drug-likeness (QED) is 0.450. The van der Waals surface area contributed by atoms with Crippen molar-refractivity contribution in [2.75, 3.05) is 12.4 Å². The van der Waals surface area contributed by atoms with Crippen LogP contribution in [0.15, 0.2) is 34.2 Å². The maximum atomic E-state index is 12.8. The lowest BCUT2D eigenvalue weighted by molar-refractivity contribution is 0.0398. The summed E-state index contributed by atoms with van der Waals surface area (Å²) >= 11 is 9.11. The van der Waals surface area contributed by atoms with E-state index in [0.29, 0.717) is 22.5 Å². The van der Waals surface area contributed by atoms with Gasteiger partial charge in [-0.1, -0.05) is 41.6 Å². The van der Waals surface area contributed by atoms with Gasteiger partial charge in [-0.25, -0.2) is 4.98 Å². The van der Waals surface area contributed by atoms with Crippen molar-refractivity contribution in [2.24, 2.45) is 7.05 Å². The Kier molecular flexibility index (Phi) is 6.08. The van der Waals surface area contributed by atoms with E-state index < -0.39 is 6.10 Å². The molecular formula is C20H21ClN2O3S2. The molecule has 5 nitrogen and oxygen atoms in total. The van der Waals surface area contributed by atoms with Gasteiger partial charge in [0.05, 0.1) is 24.7 Å². The van der Waals surface area contributed by atoms with Crippen LogP contribution in [0.1, 0.15) is 22.4 Å². The van der Waals surface area contributed by atoms with Gasteiger partial charge in [-0.05, 0) is 36.5 Å². The maximum absolute atomic E-state index is 12.8. The van der Waals surface area contributed by atoms with E-state index in [2.05, 4.69) is 4.98 Å². The monoisotopic (exact) mass is 436 g/mol. The van der Waals surface area contributed by atoms with Gasteiger partial charge < -0.3 is 9.84 Å². The first-order chi connectivity index (χ1) is 13.5. The van der Waals surface area contributed by atoms with Crippen LogP contribution in [0.25, 0.3) is 10.2 Å². The zero-order chi connectivity index (χ0) is 19.7. The third-order valence-electron chi connectivity index (χ3n) is 4.84. The van der Waals surface area contributed by atoms with Crippen LogP contribution in [0.2, 0.25) is 5.02 Å². The molecule has 1 unspecified atom stereocenters. The number of thioether (sulfide) groups is 1. The number of hydrogen-bond donors (Lipinski definition) is 1. The average Bonchev–Trinajstić information content (AvgIpc) is 3.26. The number of nitrogens with zero attached hydrogens (tertiary/aromatic N) is 2. The number of fused-ring (bicyclic) bond motifs is 3. The molecule has 28 heavy (non-hydrogen) atoms. The first kappa shape index (κ1) is 19.9. The Balaban J connectivity index is 1.38. The van der Waals surface area contributed by atoms with Gasteiger partial charge in [-0.15, -0.1) is 11.3 Å². The SMILES string of the molecule is Cn1c(SCC(O)COCc2ccccc2Cl)nc2sc3c(c2c1=O)CCC3. The highest BCUT2D eigenvalue weighted by Gasteiger charge is 2.22. The van der Waals surface area contributed by atoms with Gasteiger partial charge in [0.15, 0.2) is 5.16 Å². The summed E-state index contributed by atoms with van der Waals surface area (Å²) in [5.41, 5.74) is 2.10. The van der Waals surface area contributed by atoms with Gasteiger partial charge in [-0.3, -0.25) is 9.36 Å². The van der Waals surface area contributed by atoms with Gasteiger partial charge in [0.2, 0.25) is 0 Å². The molecule has 1 aromatic carbocycles. The minimum absolute atomic E-state index is 0.0105. The van der Waals surface area contributed by atoms with Gasteiger partial charge in [0, 0.05) is 22.7 Å². The van der Waals surface area contributed by atoms with Crippen LogP contribution in [-0.4, -0.2) is 33.1 Å². The van der Waals surface area contributed by atoms with E-state index in [1.165, 1.54) is 22.2 Å². The summed E-state index contributed by atoms with van der Waals surface area (Å²) in [4.78, 5) is 19.6. The summed E-state index contributed by atoms with van der Waals surface area (Å²) in [5.74, 6) is 0.402. The fraction of sp³-hybridized carbons (Fsp3) is 0.400. The number of halogens is 1. The molecule has 0 spiro atoms. The number of aliphatic hydroxyl groups is 1. The van der Waals surface area contributed by atoms with E-state index in [9.17, 15) is 9.90 Å². The van der Waals surface area contributed by atoms with E-state index in [4.69, 9.17) is 16.3 Å². The molecule has 3 aromatic rings. The number of aromatic nitrogens is 2. The second kappa shape index (κ2) is 8.55. The lowest BCUT2D eigenvalue weighted by Gasteiger charge is -2.13. The molecule has 0 saturated carbocycles. The van der Waals surface area contributed by atoms with Crippen LogP contribution in [0, 0.1) is 0 Å². The summed E-state index contributed by atoms with van der Waals surface area (Å²) in [6, 6.07) is 7.49. The highest BCUT2D eigenvalue weighted by atomic mass is 35.5. The zero-order valence-electron chi connectivity index (χ0n) is 15.5. The molecule has 0 saturated heterocycles. The van der Waals surface area contributed by atoms with Crippen LogP contribution in [0.4, 0.5) is 0 Å². The van der Waals surface area contributed by atoms with Crippen molar-refractivity contribution < 1.29 is 9.84 Å². The number of rotatable bonds is 7. The number of ether oxygens (including phenoxy) is 1. The van der Waals surface area contributed by atoms with E-state index in [1.807, 2.05) is 24.3 Å². The largest absolute Gasteiger partial charge is 0.390 e. The minimum Gasteiger partial charge on any atom is -0.390 e. The molecule has 4 rings (SSSR count). The van der Waals surface area contributed by atoms with Crippen LogP contribution >= 0.6 is 34.7 Å². The molecular weight excluding hydrogens is 416 g/mol. The second-order valence-corrected chi connectivity index (χ2v) is 9.35. The summed E-state index contributed by atoms with van der Waals surface area (Å²) in [5, 5.41) is 12.3. The molecule has 8 heteroatoms. The van der Waals surface area contributed by atoms with Crippen molar-refractivity contribution in [3.05, 3.63) is 55.6 Å². The molecule has 0 radical (unpaired) electrons. The third kappa shape index (κ3) is 4.00. The fourth-order valence-electron chi connectivity index (χ4n) is 3.37. The first-order valence-electron chi connectivity index (χ1n) is 9.18. The molecule has 1 aliphatic carbocycles. The summed E-state index contributed by atoms with van der Waals surface area (Å²) in [6.45, 7) is 0.548. The minimum atomic E-state index is -0.659. The molecule has 1 aliphatic rings. The van der Waals surface area contributed by atoms with E-state index >= 15 is 0 Å². The van der Waals surface area contributed by atoms with Crippen LogP contribution in [0.5, 0.6) is 0 Å². The highest BCUT2D eigenvalue weighted by molar-refractivity contribution is 7.99. The first-order valence-corrected chi connectivity index (χ1v) is 11.4. The van der Waals surface area contributed by atoms with Gasteiger partial charge in [0.1, 0.15) is 4.83 Å². The zero-order valence-corrected chi connectivity index (χ0v) is 17.9. The lowest BCUT2D eigenvalue weighted by Crippen LogP contribution is -2.22. The van der Waals surface area contributed by atoms with Crippen molar-refractivity contribution in [1.82, 2.24) is 9.55 Å². The third-order valence-corrected chi connectivity index (χ3v) is 7.56. The summed E-state index contributed by atoms with van der Waals surface area (Å²) < 4.78 is 7.17. The Bertz CT molecular complexity index is 1060. The molecule has 2 aromatic heterocycles. The number of aryl methyl sites for hydroxylation is 2. The molecule has 0 amide bonds. The van der Waals surface area contributed by atoms with Crippen molar-refractivity contribution in [3.8, 4) is 0 Å². The Morgan fingerprint density at radius 2 is 2.21 bits per heavy atom. The van der Waals surface area contributed by atoms with Crippen molar-refractivity contribution in [2.45, 2.75) is 37.1 Å². The maximum Gasteiger partial charge on any atom is 0.262 e. The van der Waals surface area contributed by atoms with Crippen molar-refractivity contribution >= 4 is 44.9 Å². The number of hydrogen-bond acceptors (Lipinski definition) is 6. The predicted molar refractivity (Wildman–Crippen MR) is 115 cm³/mol. The number of aliphatic hydroxyl groups excluding tert-OH is 1. The fourth-order valence-corrected chi connectivity index (χ4v) is 5.74.